The van der Waals surface area contributed by atoms with Crippen molar-refractivity contribution in [3.63, 3.8) is 0 Å². The summed E-state index contributed by atoms with van der Waals surface area (Å²) in [4.78, 5) is 16.4. The van der Waals surface area contributed by atoms with Crippen LogP contribution in [0, 0.1) is 0 Å². The van der Waals surface area contributed by atoms with Crippen LogP contribution in [-0.4, -0.2) is 12.5 Å². The number of nitrogens with two attached hydrogens (primary N) is 1. The van der Waals surface area contributed by atoms with Gasteiger partial charge in [0.25, 0.3) is 0 Å². The second-order valence-corrected chi connectivity index (χ2v) is 5.39. The van der Waals surface area contributed by atoms with Gasteiger partial charge in [-0.05, 0) is 24.3 Å². The molecule has 0 saturated heterocycles. The third-order valence-electron chi connectivity index (χ3n) is 3.04. The molecule has 1 amide bonds. The van der Waals surface area contributed by atoms with E-state index in [1.165, 1.54) is 0 Å². The van der Waals surface area contributed by atoms with Gasteiger partial charge in [0.15, 0.2) is 0 Å². The summed E-state index contributed by atoms with van der Waals surface area (Å²) in [5, 5.41) is 0. The molecule has 0 bridgehead atoms. The van der Waals surface area contributed by atoms with Crippen LogP contribution in [0.2, 0.25) is 0 Å². The number of carbonyl (C=O) groups excluding carboxylic acids is 1. The summed E-state index contributed by atoms with van der Waals surface area (Å²) in [6, 6.07) is 15.9. The van der Waals surface area contributed by atoms with Crippen molar-refractivity contribution in [1.29, 1.82) is 0 Å². The third kappa shape index (κ3) is 2.54. The topological polar surface area (TPSA) is 46.3 Å². The lowest BCUT2D eigenvalue weighted by atomic mass is 10.2. The largest absolute Gasteiger partial charge is 1.00 e. The quantitative estimate of drug-likeness (QED) is 0.860. The van der Waals surface area contributed by atoms with Gasteiger partial charge < -0.3 is 18.1 Å². The van der Waals surface area contributed by atoms with Crippen LogP contribution < -0.4 is 23.0 Å². The van der Waals surface area contributed by atoms with E-state index >= 15 is 0 Å². The van der Waals surface area contributed by atoms with Crippen molar-refractivity contribution >= 4 is 29.0 Å². The van der Waals surface area contributed by atoms with E-state index in [-0.39, 0.29) is 18.3 Å². The molecule has 104 valence electrons. The molecule has 1 aliphatic rings. The number of nitrogens with zero attached hydrogens (tertiary/aromatic N) is 1. The van der Waals surface area contributed by atoms with Crippen LogP contribution in [0.15, 0.2) is 58.3 Å². The average molecular weight is 306 g/mol. The van der Waals surface area contributed by atoms with E-state index in [9.17, 15) is 4.79 Å². The zero-order valence-electron chi connectivity index (χ0n) is 10.8. The van der Waals surface area contributed by atoms with Crippen molar-refractivity contribution in [1.82, 2.24) is 0 Å². The predicted molar refractivity (Wildman–Crippen MR) is 77.8 cm³/mol. The molecule has 3 rings (SSSR count). The first-order valence-corrected chi connectivity index (χ1v) is 7.02. The first-order chi connectivity index (χ1) is 9.31. The Hall–Kier alpha value is -1.49. The number of halogens is 1. The van der Waals surface area contributed by atoms with E-state index in [0.29, 0.717) is 13.0 Å². The molecule has 0 fully saturated rings. The number of amides is 1. The van der Waals surface area contributed by atoms with Crippen LogP contribution in [0.25, 0.3) is 0 Å². The van der Waals surface area contributed by atoms with Crippen molar-refractivity contribution in [3.05, 3.63) is 48.5 Å². The van der Waals surface area contributed by atoms with E-state index in [4.69, 9.17) is 5.73 Å². The van der Waals surface area contributed by atoms with Crippen LogP contribution in [0.4, 0.5) is 11.4 Å². The minimum absolute atomic E-state index is 0. The molecule has 0 radical (unpaired) electrons. The van der Waals surface area contributed by atoms with Crippen molar-refractivity contribution in [2.75, 3.05) is 11.4 Å². The molecular formula is C15H14ClN2OS-. The first-order valence-electron chi connectivity index (χ1n) is 6.20. The Morgan fingerprint density at radius 2 is 1.50 bits per heavy atom. The number of carbonyl (C=O) groups is 1. The van der Waals surface area contributed by atoms with Gasteiger partial charge in [0, 0.05) is 22.8 Å². The van der Waals surface area contributed by atoms with Crippen LogP contribution in [0.3, 0.4) is 0 Å². The highest BCUT2D eigenvalue weighted by Crippen LogP contribution is 2.47. The molecule has 3 nitrogen and oxygen atoms in total. The Balaban J connectivity index is 0.00000147. The maximum absolute atomic E-state index is 12.4. The minimum Gasteiger partial charge on any atom is -1.00 e. The fraction of sp³-hybridized carbons (Fsp3) is 0.133. The molecule has 0 saturated carbocycles. The maximum Gasteiger partial charge on any atom is 0.232 e. The number of para-hydroxylation sites is 2. The van der Waals surface area contributed by atoms with Crippen molar-refractivity contribution < 1.29 is 17.2 Å². The third-order valence-corrected chi connectivity index (χ3v) is 4.17. The summed E-state index contributed by atoms with van der Waals surface area (Å²) in [7, 11) is 0. The van der Waals surface area contributed by atoms with Gasteiger partial charge in [0.05, 0.1) is 11.4 Å². The molecule has 0 aliphatic carbocycles. The molecule has 20 heavy (non-hydrogen) atoms. The smallest absolute Gasteiger partial charge is 0.232 e. The normalized spacial score (nSPS) is 12.2. The summed E-state index contributed by atoms with van der Waals surface area (Å²) >= 11 is 1.70. The monoisotopic (exact) mass is 305 g/mol. The summed E-state index contributed by atoms with van der Waals surface area (Å²) < 4.78 is 0. The first kappa shape index (κ1) is 14.9. The van der Waals surface area contributed by atoms with Gasteiger partial charge in [-0.15, -0.1) is 0 Å². The Morgan fingerprint density at radius 3 is 2.00 bits per heavy atom. The minimum atomic E-state index is 0. The molecule has 0 spiro atoms. The second-order valence-electron chi connectivity index (χ2n) is 4.31. The van der Waals surface area contributed by atoms with E-state index in [1.54, 1.807) is 16.7 Å². The molecule has 2 aromatic rings. The van der Waals surface area contributed by atoms with Crippen LogP contribution in [0.1, 0.15) is 6.42 Å². The SMILES string of the molecule is NCCC(=O)N1c2ccccc2Sc2ccccc21.[Cl-]. The molecule has 2 aromatic carbocycles. The zero-order chi connectivity index (χ0) is 13.2. The molecular weight excluding hydrogens is 292 g/mol. The highest BCUT2D eigenvalue weighted by Gasteiger charge is 2.26. The fourth-order valence-corrected chi connectivity index (χ4v) is 3.27. The summed E-state index contributed by atoms with van der Waals surface area (Å²) in [6.07, 6.45) is 0.354. The summed E-state index contributed by atoms with van der Waals surface area (Å²) in [6.45, 7) is 0.368. The van der Waals surface area contributed by atoms with Crippen LogP contribution in [0.5, 0.6) is 0 Å². The highest BCUT2D eigenvalue weighted by molar-refractivity contribution is 7.99. The van der Waals surface area contributed by atoms with Gasteiger partial charge in [-0.3, -0.25) is 9.69 Å². The lowest BCUT2D eigenvalue weighted by Gasteiger charge is -2.30. The molecule has 5 heteroatoms. The zero-order valence-corrected chi connectivity index (χ0v) is 12.3. The Kier molecular flexibility index (Phi) is 4.70. The maximum atomic E-state index is 12.4. The van der Waals surface area contributed by atoms with Crippen molar-refractivity contribution in [3.8, 4) is 0 Å². The molecule has 0 atom stereocenters. The van der Waals surface area contributed by atoms with Gasteiger partial charge in [-0.1, -0.05) is 36.0 Å². The van der Waals surface area contributed by atoms with Crippen LogP contribution >= 0.6 is 11.8 Å². The van der Waals surface area contributed by atoms with Crippen LogP contribution in [-0.2, 0) is 4.79 Å². The lowest BCUT2D eigenvalue weighted by Crippen LogP contribution is -3.00. The van der Waals surface area contributed by atoms with Gasteiger partial charge in [0.2, 0.25) is 5.91 Å². The molecule has 2 N–H and O–H groups in total. The second kappa shape index (κ2) is 6.31. The number of benzene rings is 2. The molecule has 0 aromatic heterocycles. The Morgan fingerprint density at radius 1 is 1.00 bits per heavy atom. The number of hydrogen-bond acceptors (Lipinski definition) is 3. The van der Waals surface area contributed by atoms with Gasteiger partial charge >= 0.3 is 0 Å². The van der Waals surface area contributed by atoms with E-state index in [2.05, 4.69) is 0 Å². The van der Waals surface area contributed by atoms with Gasteiger partial charge in [0.1, 0.15) is 0 Å². The predicted octanol–water partition coefficient (Wildman–Crippen LogP) is 0.169. The Labute approximate surface area is 128 Å². The fourth-order valence-electron chi connectivity index (χ4n) is 2.21. The van der Waals surface area contributed by atoms with E-state index < -0.39 is 0 Å². The van der Waals surface area contributed by atoms with E-state index in [1.807, 2.05) is 48.5 Å². The van der Waals surface area contributed by atoms with E-state index in [0.717, 1.165) is 21.2 Å². The number of rotatable bonds is 2. The summed E-state index contributed by atoms with van der Waals surface area (Å²) in [5.41, 5.74) is 7.42. The van der Waals surface area contributed by atoms with Gasteiger partial charge in [-0.25, -0.2) is 0 Å². The molecule has 0 unspecified atom stereocenters. The van der Waals surface area contributed by atoms with Crippen molar-refractivity contribution in [2.45, 2.75) is 16.2 Å². The highest BCUT2D eigenvalue weighted by atomic mass is 35.5. The summed E-state index contributed by atoms with van der Waals surface area (Å²) in [5.74, 6) is 0.0442. The van der Waals surface area contributed by atoms with Gasteiger partial charge in [-0.2, -0.15) is 0 Å². The number of hydrogen-bond donors (Lipinski definition) is 1. The van der Waals surface area contributed by atoms with Crippen molar-refractivity contribution in [2.24, 2.45) is 5.73 Å². The standard InChI is InChI=1S/C15H14N2OS.ClH/c16-10-9-15(18)17-11-5-1-3-7-13(11)19-14-8-4-2-6-12(14)17;/h1-8H,9-10,16H2;1H/p-1. The number of anilines is 2. The Bertz CT molecular complexity index is 587. The molecule has 1 heterocycles. The average Bonchev–Trinajstić information content (AvgIpc) is 2.44. The lowest BCUT2D eigenvalue weighted by molar-refractivity contribution is -0.117. The number of fused-ring (bicyclic) bond motifs is 2. The molecule has 1 aliphatic heterocycles.